The lowest BCUT2D eigenvalue weighted by atomic mass is 9.86. The number of carbonyl (C=O) groups is 2. The van der Waals surface area contributed by atoms with Gasteiger partial charge in [0.05, 0.1) is 17.6 Å². The smallest absolute Gasteiger partial charge is 0.319 e. The van der Waals surface area contributed by atoms with Gasteiger partial charge in [-0.05, 0) is 32.6 Å². The molecule has 2 heterocycles. The molecule has 3 N–H and O–H groups in total. The maximum absolute atomic E-state index is 12.8. The number of carbonyl (C=O) groups excluding carboxylic acids is 2. The van der Waals surface area contributed by atoms with Gasteiger partial charge < -0.3 is 15.5 Å². The van der Waals surface area contributed by atoms with Crippen molar-refractivity contribution in [2.45, 2.75) is 57.8 Å². The molecule has 2 fully saturated rings. The Bertz CT molecular complexity index is 594. The van der Waals surface area contributed by atoms with E-state index >= 15 is 0 Å². The molecule has 3 amide bonds. The minimum atomic E-state index is -0.226. The minimum absolute atomic E-state index is 0.195. The topological polar surface area (TPSA) is 90.1 Å². The van der Waals surface area contributed by atoms with E-state index in [1.165, 1.54) is 19.3 Å². The van der Waals surface area contributed by atoms with Crippen LogP contribution in [0.2, 0.25) is 0 Å². The summed E-state index contributed by atoms with van der Waals surface area (Å²) in [6, 6.07) is -0.226. The van der Waals surface area contributed by atoms with Gasteiger partial charge in [0.1, 0.15) is 0 Å². The Labute approximate surface area is 148 Å². The number of nitrogens with one attached hydrogen (secondary N) is 3. The normalized spacial score (nSPS) is 21.8. The van der Waals surface area contributed by atoms with Crippen molar-refractivity contribution in [3.05, 3.63) is 11.9 Å². The van der Waals surface area contributed by atoms with Crippen LogP contribution in [0.25, 0.3) is 0 Å². The van der Waals surface area contributed by atoms with Gasteiger partial charge in [-0.2, -0.15) is 5.10 Å². The van der Waals surface area contributed by atoms with Gasteiger partial charge in [-0.25, -0.2) is 4.79 Å². The van der Waals surface area contributed by atoms with Gasteiger partial charge in [-0.1, -0.05) is 19.3 Å². The first-order chi connectivity index (χ1) is 12.2. The van der Waals surface area contributed by atoms with Crippen molar-refractivity contribution in [1.29, 1.82) is 0 Å². The van der Waals surface area contributed by atoms with E-state index in [1.54, 1.807) is 6.20 Å². The quantitative estimate of drug-likeness (QED) is 0.782. The third kappa shape index (κ3) is 4.32. The van der Waals surface area contributed by atoms with Crippen LogP contribution < -0.4 is 10.6 Å². The highest BCUT2D eigenvalue weighted by Gasteiger charge is 2.31. The molecule has 0 unspecified atom stereocenters. The van der Waals surface area contributed by atoms with Crippen molar-refractivity contribution < 1.29 is 9.59 Å². The maximum atomic E-state index is 12.8. The Morgan fingerprint density at radius 3 is 2.80 bits per heavy atom. The van der Waals surface area contributed by atoms with E-state index in [-0.39, 0.29) is 17.9 Å². The molecule has 2 aliphatic rings. The number of hydrogen-bond acceptors (Lipinski definition) is 3. The molecule has 1 aliphatic carbocycles. The third-order valence-electron chi connectivity index (χ3n) is 5.35. The largest absolute Gasteiger partial charge is 0.342 e. The van der Waals surface area contributed by atoms with E-state index in [9.17, 15) is 9.59 Å². The second-order valence-electron chi connectivity index (χ2n) is 7.14. The van der Waals surface area contributed by atoms with Gasteiger partial charge in [0.25, 0.3) is 0 Å². The lowest BCUT2D eigenvalue weighted by Gasteiger charge is -2.35. The number of piperidine rings is 1. The number of rotatable bonds is 4. The van der Waals surface area contributed by atoms with E-state index in [2.05, 4.69) is 20.8 Å². The fraction of sp³-hybridized carbons (Fsp3) is 0.722. The Morgan fingerprint density at radius 2 is 2.04 bits per heavy atom. The molecule has 1 atom stereocenters. The molecule has 7 nitrogen and oxygen atoms in total. The fourth-order valence-corrected chi connectivity index (χ4v) is 4.05. The van der Waals surface area contributed by atoms with Crippen molar-refractivity contribution in [3.8, 4) is 0 Å². The lowest BCUT2D eigenvalue weighted by Crippen LogP contribution is -2.43. The highest BCUT2D eigenvalue weighted by molar-refractivity contribution is 5.89. The number of nitrogens with zero attached hydrogens (tertiary/aromatic N) is 2. The summed E-state index contributed by atoms with van der Waals surface area (Å²) in [5.41, 5.74) is 1.63. The van der Waals surface area contributed by atoms with Crippen molar-refractivity contribution in [3.63, 3.8) is 0 Å². The molecule has 0 radical (unpaired) electrons. The SMILES string of the molecule is CCNC(=O)Nc1cn[nH]c1[C@@H]1CCCN(C(=O)C2CCCCC2)C1. The molecule has 1 aromatic rings. The van der Waals surface area contributed by atoms with Crippen LogP contribution in [-0.2, 0) is 4.79 Å². The highest BCUT2D eigenvalue weighted by atomic mass is 16.2. The summed E-state index contributed by atoms with van der Waals surface area (Å²) in [5.74, 6) is 0.727. The van der Waals surface area contributed by atoms with Gasteiger partial charge in [0, 0.05) is 31.5 Å². The molecule has 1 aliphatic heterocycles. The van der Waals surface area contributed by atoms with E-state index in [0.29, 0.717) is 24.7 Å². The second kappa shape index (κ2) is 8.36. The second-order valence-corrected chi connectivity index (χ2v) is 7.14. The average molecular weight is 347 g/mol. The summed E-state index contributed by atoms with van der Waals surface area (Å²) in [5, 5.41) is 12.7. The van der Waals surface area contributed by atoms with Crippen LogP contribution in [0, 0.1) is 5.92 Å². The molecular weight excluding hydrogens is 318 g/mol. The Morgan fingerprint density at radius 1 is 1.24 bits per heavy atom. The van der Waals surface area contributed by atoms with Crippen LogP contribution >= 0.6 is 0 Å². The van der Waals surface area contributed by atoms with Crippen LogP contribution in [0.3, 0.4) is 0 Å². The van der Waals surface area contributed by atoms with Gasteiger partial charge in [-0.15, -0.1) is 0 Å². The number of hydrogen-bond donors (Lipinski definition) is 3. The van der Waals surface area contributed by atoms with Crippen LogP contribution in [0.5, 0.6) is 0 Å². The zero-order valence-electron chi connectivity index (χ0n) is 15.0. The molecule has 7 heteroatoms. The standard InChI is InChI=1S/C18H29N5O2/c1-2-19-18(25)21-15-11-20-22-16(15)14-9-6-10-23(12-14)17(24)13-7-4-3-5-8-13/h11,13-14H,2-10,12H2,1H3,(H,20,22)(H2,19,21,25)/t14-/m1/s1. The van der Waals surface area contributed by atoms with Crippen molar-refractivity contribution in [2.24, 2.45) is 5.92 Å². The first-order valence-electron chi connectivity index (χ1n) is 9.56. The number of amides is 3. The van der Waals surface area contributed by atoms with E-state index < -0.39 is 0 Å². The predicted molar refractivity (Wildman–Crippen MR) is 96.4 cm³/mol. The highest BCUT2D eigenvalue weighted by Crippen LogP contribution is 2.32. The Balaban J connectivity index is 1.64. The monoisotopic (exact) mass is 347 g/mol. The third-order valence-corrected chi connectivity index (χ3v) is 5.35. The molecule has 0 aromatic carbocycles. The van der Waals surface area contributed by atoms with Crippen LogP contribution in [0.1, 0.15) is 63.5 Å². The minimum Gasteiger partial charge on any atom is -0.342 e. The number of urea groups is 1. The van der Waals surface area contributed by atoms with Crippen LogP contribution in [-0.4, -0.2) is 46.7 Å². The summed E-state index contributed by atoms with van der Waals surface area (Å²) in [4.78, 5) is 26.7. The summed E-state index contributed by atoms with van der Waals surface area (Å²) in [7, 11) is 0. The summed E-state index contributed by atoms with van der Waals surface area (Å²) >= 11 is 0. The van der Waals surface area contributed by atoms with E-state index in [1.807, 2.05) is 11.8 Å². The zero-order valence-corrected chi connectivity index (χ0v) is 15.0. The summed E-state index contributed by atoms with van der Waals surface area (Å²) in [6.45, 7) is 4.01. The van der Waals surface area contributed by atoms with Gasteiger partial charge in [-0.3, -0.25) is 9.89 Å². The van der Waals surface area contributed by atoms with Gasteiger partial charge in [0.15, 0.2) is 0 Å². The molecule has 1 aromatic heterocycles. The van der Waals surface area contributed by atoms with Crippen LogP contribution in [0.15, 0.2) is 6.20 Å². The lowest BCUT2D eigenvalue weighted by molar-refractivity contribution is -0.137. The molecule has 1 saturated carbocycles. The van der Waals surface area contributed by atoms with E-state index in [4.69, 9.17) is 0 Å². The number of H-pyrrole nitrogens is 1. The molecule has 138 valence electrons. The molecule has 0 bridgehead atoms. The Hall–Kier alpha value is -2.05. The van der Waals surface area contributed by atoms with Crippen molar-refractivity contribution >= 4 is 17.6 Å². The number of likely N-dealkylation sites (tertiary alicyclic amines) is 1. The van der Waals surface area contributed by atoms with Crippen molar-refractivity contribution in [2.75, 3.05) is 25.0 Å². The predicted octanol–water partition coefficient (Wildman–Crippen LogP) is 2.84. The first kappa shape index (κ1) is 17.8. The molecule has 3 rings (SSSR count). The first-order valence-corrected chi connectivity index (χ1v) is 9.56. The van der Waals surface area contributed by atoms with Gasteiger partial charge in [0.2, 0.25) is 5.91 Å². The maximum Gasteiger partial charge on any atom is 0.319 e. The van der Waals surface area contributed by atoms with Crippen molar-refractivity contribution in [1.82, 2.24) is 20.4 Å². The number of anilines is 1. The molecule has 0 spiro atoms. The molecular formula is C18H29N5O2. The molecule has 1 saturated heterocycles. The molecule has 25 heavy (non-hydrogen) atoms. The summed E-state index contributed by atoms with van der Waals surface area (Å²) in [6.07, 6.45) is 9.32. The average Bonchev–Trinajstić information content (AvgIpc) is 3.10. The van der Waals surface area contributed by atoms with Crippen LogP contribution in [0.4, 0.5) is 10.5 Å². The zero-order chi connectivity index (χ0) is 17.6. The van der Waals surface area contributed by atoms with Gasteiger partial charge >= 0.3 is 6.03 Å². The summed E-state index contributed by atoms with van der Waals surface area (Å²) < 4.78 is 0. The Kier molecular flexibility index (Phi) is 5.94. The number of aromatic amines is 1. The van der Waals surface area contributed by atoms with E-state index in [0.717, 1.165) is 37.9 Å². The number of aromatic nitrogens is 2. The fourth-order valence-electron chi connectivity index (χ4n) is 4.05.